The second kappa shape index (κ2) is 5.57. The molecule has 1 fully saturated rings. The molecule has 0 bridgehead atoms. The molecule has 1 N–H and O–H groups in total. The van der Waals surface area contributed by atoms with Gasteiger partial charge in [0, 0.05) is 24.0 Å². The molecule has 1 atom stereocenters. The third-order valence-electron chi connectivity index (χ3n) is 3.73. The maximum absolute atomic E-state index is 12.0. The lowest BCUT2D eigenvalue weighted by Gasteiger charge is -2.22. The maximum atomic E-state index is 12.0. The predicted molar refractivity (Wildman–Crippen MR) is 74.9 cm³/mol. The van der Waals surface area contributed by atoms with Gasteiger partial charge in [-0.3, -0.25) is 9.59 Å². The van der Waals surface area contributed by atoms with Crippen molar-refractivity contribution in [1.82, 2.24) is 4.90 Å². The number of carboxylic acid groups (broad SMARTS) is 1. The molecule has 102 valence electrons. The SMILES string of the molecule is CCC1(C(=O)O)CCN(C(=O)C=Cc2cccs2)C1. The number of thiophene rings is 1. The molecule has 5 heteroatoms. The molecule has 0 aliphatic carbocycles. The first-order chi connectivity index (χ1) is 9.07. The molecule has 1 aromatic rings. The summed E-state index contributed by atoms with van der Waals surface area (Å²) in [6, 6.07) is 3.86. The second-order valence-electron chi connectivity index (χ2n) is 4.80. The Morgan fingerprint density at radius 1 is 1.58 bits per heavy atom. The fourth-order valence-corrected chi connectivity index (χ4v) is 2.94. The molecule has 1 amide bonds. The van der Waals surface area contributed by atoms with E-state index in [0.29, 0.717) is 25.9 Å². The summed E-state index contributed by atoms with van der Waals surface area (Å²) in [5, 5.41) is 11.2. The van der Waals surface area contributed by atoms with Crippen molar-refractivity contribution in [3.8, 4) is 0 Å². The summed E-state index contributed by atoms with van der Waals surface area (Å²) >= 11 is 1.56. The third kappa shape index (κ3) is 2.87. The molecule has 0 saturated carbocycles. The minimum absolute atomic E-state index is 0.107. The molecule has 2 rings (SSSR count). The number of carbonyl (C=O) groups is 2. The molecule has 1 saturated heterocycles. The maximum Gasteiger partial charge on any atom is 0.311 e. The zero-order valence-electron chi connectivity index (χ0n) is 10.8. The van der Waals surface area contributed by atoms with E-state index in [2.05, 4.69) is 0 Å². The first-order valence-electron chi connectivity index (χ1n) is 6.31. The van der Waals surface area contributed by atoms with Gasteiger partial charge in [0.15, 0.2) is 0 Å². The van der Waals surface area contributed by atoms with Gasteiger partial charge < -0.3 is 10.0 Å². The van der Waals surface area contributed by atoms with E-state index in [-0.39, 0.29) is 5.91 Å². The summed E-state index contributed by atoms with van der Waals surface area (Å²) in [7, 11) is 0. The minimum Gasteiger partial charge on any atom is -0.481 e. The van der Waals surface area contributed by atoms with Gasteiger partial charge in [0.1, 0.15) is 0 Å². The molecular weight excluding hydrogens is 262 g/mol. The van der Waals surface area contributed by atoms with Crippen LogP contribution < -0.4 is 0 Å². The molecule has 1 aromatic heterocycles. The molecule has 0 radical (unpaired) electrons. The summed E-state index contributed by atoms with van der Waals surface area (Å²) in [6.07, 6.45) is 4.40. The number of nitrogens with zero attached hydrogens (tertiary/aromatic N) is 1. The second-order valence-corrected chi connectivity index (χ2v) is 5.78. The molecule has 0 aromatic carbocycles. The van der Waals surface area contributed by atoms with Crippen molar-refractivity contribution in [1.29, 1.82) is 0 Å². The highest BCUT2D eigenvalue weighted by atomic mass is 32.1. The Kier molecular flexibility index (Phi) is 4.04. The van der Waals surface area contributed by atoms with Crippen LogP contribution in [0, 0.1) is 5.41 Å². The quantitative estimate of drug-likeness (QED) is 0.861. The number of likely N-dealkylation sites (tertiary alicyclic amines) is 1. The number of carbonyl (C=O) groups excluding carboxylic acids is 1. The third-order valence-corrected chi connectivity index (χ3v) is 4.57. The lowest BCUT2D eigenvalue weighted by Crippen LogP contribution is -2.35. The van der Waals surface area contributed by atoms with Crippen molar-refractivity contribution in [2.45, 2.75) is 19.8 Å². The lowest BCUT2D eigenvalue weighted by atomic mass is 9.84. The Balaban J connectivity index is 2.01. The van der Waals surface area contributed by atoms with E-state index in [4.69, 9.17) is 0 Å². The van der Waals surface area contributed by atoms with E-state index >= 15 is 0 Å². The lowest BCUT2D eigenvalue weighted by molar-refractivity contribution is -0.148. The first kappa shape index (κ1) is 13.8. The Morgan fingerprint density at radius 2 is 2.37 bits per heavy atom. The van der Waals surface area contributed by atoms with Crippen LogP contribution in [0.5, 0.6) is 0 Å². The topological polar surface area (TPSA) is 57.6 Å². The summed E-state index contributed by atoms with van der Waals surface area (Å²) in [4.78, 5) is 26.0. The van der Waals surface area contributed by atoms with E-state index in [1.165, 1.54) is 6.08 Å². The van der Waals surface area contributed by atoms with Crippen molar-refractivity contribution in [3.05, 3.63) is 28.5 Å². The fourth-order valence-electron chi connectivity index (χ4n) is 2.32. The molecule has 1 unspecified atom stereocenters. The molecule has 0 spiro atoms. The number of amides is 1. The zero-order chi connectivity index (χ0) is 13.9. The van der Waals surface area contributed by atoms with Gasteiger partial charge in [-0.25, -0.2) is 0 Å². The Morgan fingerprint density at radius 3 is 2.89 bits per heavy atom. The van der Waals surface area contributed by atoms with Crippen molar-refractivity contribution in [3.63, 3.8) is 0 Å². The van der Waals surface area contributed by atoms with Crippen LogP contribution in [0.25, 0.3) is 6.08 Å². The standard InChI is InChI=1S/C14H17NO3S/c1-2-14(13(17)18)7-8-15(10-14)12(16)6-5-11-4-3-9-19-11/h3-6,9H,2,7-8,10H2,1H3,(H,17,18). The van der Waals surface area contributed by atoms with E-state index < -0.39 is 11.4 Å². The van der Waals surface area contributed by atoms with Crippen molar-refractivity contribution >= 4 is 29.3 Å². The number of hydrogen-bond donors (Lipinski definition) is 1. The zero-order valence-corrected chi connectivity index (χ0v) is 11.7. The summed E-state index contributed by atoms with van der Waals surface area (Å²) < 4.78 is 0. The Hall–Kier alpha value is -1.62. The fraction of sp³-hybridized carbons (Fsp3) is 0.429. The average molecular weight is 279 g/mol. The predicted octanol–water partition coefficient (Wildman–Crippen LogP) is 2.47. The summed E-state index contributed by atoms with van der Waals surface area (Å²) in [5.41, 5.74) is -0.758. The van der Waals surface area contributed by atoms with E-state index in [9.17, 15) is 14.7 Å². The van der Waals surface area contributed by atoms with Gasteiger partial charge in [0.2, 0.25) is 5.91 Å². The minimum atomic E-state index is -0.799. The summed E-state index contributed by atoms with van der Waals surface area (Å²) in [5.74, 6) is -0.905. The molecule has 4 nitrogen and oxygen atoms in total. The molecule has 19 heavy (non-hydrogen) atoms. The highest BCUT2D eigenvalue weighted by Crippen LogP contribution is 2.34. The van der Waals surface area contributed by atoms with Gasteiger partial charge in [-0.05, 0) is 30.4 Å². The number of aliphatic carboxylic acids is 1. The van der Waals surface area contributed by atoms with E-state index in [1.807, 2.05) is 24.4 Å². The molecule has 1 aliphatic rings. The van der Waals surface area contributed by atoms with Crippen molar-refractivity contribution < 1.29 is 14.7 Å². The van der Waals surface area contributed by atoms with Gasteiger partial charge in [-0.15, -0.1) is 11.3 Å². The highest BCUT2D eigenvalue weighted by molar-refractivity contribution is 7.10. The van der Waals surface area contributed by atoms with Gasteiger partial charge in [0.05, 0.1) is 5.41 Å². The number of carboxylic acids is 1. The first-order valence-corrected chi connectivity index (χ1v) is 7.19. The smallest absolute Gasteiger partial charge is 0.311 e. The number of rotatable bonds is 4. The van der Waals surface area contributed by atoms with Crippen LogP contribution in [0.4, 0.5) is 0 Å². The Bertz CT molecular complexity index is 495. The highest BCUT2D eigenvalue weighted by Gasteiger charge is 2.44. The Labute approximate surface area is 116 Å². The van der Waals surface area contributed by atoms with Crippen LogP contribution >= 0.6 is 11.3 Å². The van der Waals surface area contributed by atoms with E-state index in [0.717, 1.165) is 4.88 Å². The molecule has 2 heterocycles. The van der Waals surface area contributed by atoms with Crippen LogP contribution in [0.2, 0.25) is 0 Å². The van der Waals surface area contributed by atoms with Gasteiger partial charge in [0.25, 0.3) is 0 Å². The van der Waals surface area contributed by atoms with Crippen molar-refractivity contribution in [2.24, 2.45) is 5.41 Å². The summed E-state index contributed by atoms with van der Waals surface area (Å²) in [6.45, 7) is 2.70. The average Bonchev–Trinajstić information content (AvgIpc) is 3.05. The van der Waals surface area contributed by atoms with Crippen LogP contribution in [0.1, 0.15) is 24.6 Å². The largest absolute Gasteiger partial charge is 0.481 e. The van der Waals surface area contributed by atoms with Crippen LogP contribution in [0.15, 0.2) is 23.6 Å². The van der Waals surface area contributed by atoms with Crippen molar-refractivity contribution in [2.75, 3.05) is 13.1 Å². The van der Waals surface area contributed by atoms with E-state index in [1.54, 1.807) is 22.3 Å². The van der Waals surface area contributed by atoms with Crippen LogP contribution in [0.3, 0.4) is 0 Å². The molecular formula is C14H17NO3S. The van der Waals surface area contributed by atoms with Crippen LogP contribution in [-0.2, 0) is 9.59 Å². The normalized spacial score (nSPS) is 23.1. The van der Waals surface area contributed by atoms with Gasteiger partial charge >= 0.3 is 5.97 Å². The number of hydrogen-bond acceptors (Lipinski definition) is 3. The monoisotopic (exact) mass is 279 g/mol. The van der Waals surface area contributed by atoms with Crippen LogP contribution in [-0.4, -0.2) is 35.0 Å². The van der Waals surface area contributed by atoms with Gasteiger partial charge in [-0.2, -0.15) is 0 Å². The molecule has 1 aliphatic heterocycles. The van der Waals surface area contributed by atoms with Gasteiger partial charge in [-0.1, -0.05) is 13.0 Å².